The van der Waals surface area contributed by atoms with E-state index in [4.69, 9.17) is 0 Å². The Morgan fingerprint density at radius 3 is 2.44 bits per heavy atom. The number of halogens is 2. The van der Waals surface area contributed by atoms with Gasteiger partial charge in [-0.25, -0.2) is 8.78 Å². The first kappa shape index (κ1) is 6.65. The van der Waals surface area contributed by atoms with E-state index in [1.165, 1.54) is 6.29 Å². The SMILES string of the molecule is O=[C]C1CCCC1(F)F. The average Bonchev–Trinajstić information content (AvgIpc) is 2.08. The van der Waals surface area contributed by atoms with Gasteiger partial charge in [0, 0.05) is 6.42 Å². The zero-order chi connectivity index (χ0) is 6.91. The molecule has 1 aliphatic rings. The van der Waals surface area contributed by atoms with Crippen molar-refractivity contribution in [2.75, 3.05) is 0 Å². The molecule has 0 heterocycles. The van der Waals surface area contributed by atoms with Crippen LogP contribution in [-0.4, -0.2) is 12.2 Å². The fourth-order valence-electron chi connectivity index (χ4n) is 1.07. The Kier molecular flexibility index (Phi) is 1.51. The summed E-state index contributed by atoms with van der Waals surface area (Å²) in [5, 5.41) is 0. The van der Waals surface area contributed by atoms with Gasteiger partial charge in [-0.2, -0.15) is 0 Å². The van der Waals surface area contributed by atoms with Gasteiger partial charge in [-0.15, -0.1) is 0 Å². The highest BCUT2D eigenvalue weighted by Crippen LogP contribution is 2.38. The molecule has 1 atom stereocenters. The van der Waals surface area contributed by atoms with Crippen molar-refractivity contribution in [1.29, 1.82) is 0 Å². The van der Waals surface area contributed by atoms with Crippen LogP contribution in [0.2, 0.25) is 0 Å². The van der Waals surface area contributed by atoms with Gasteiger partial charge >= 0.3 is 0 Å². The van der Waals surface area contributed by atoms with E-state index in [0.717, 1.165) is 0 Å². The minimum absolute atomic E-state index is 0.146. The Morgan fingerprint density at radius 2 is 2.22 bits per heavy atom. The van der Waals surface area contributed by atoms with Crippen LogP contribution in [-0.2, 0) is 4.79 Å². The third-order valence-electron chi connectivity index (χ3n) is 1.65. The van der Waals surface area contributed by atoms with Crippen LogP contribution in [0.5, 0.6) is 0 Å². The number of carbonyl (C=O) groups excluding carboxylic acids is 1. The smallest absolute Gasteiger partial charge is 0.258 e. The fraction of sp³-hybridized carbons (Fsp3) is 0.833. The van der Waals surface area contributed by atoms with Crippen LogP contribution in [0.1, 0.15) is 19.3 Å². The van der Waals surface area contributed by atoms with Crippen molar-refractivity contribution in [2.24, 2.45) is 5.92 Å². The van der Waals surface area contributed by atoms with Crippen molar-refractivity contribution in [3.8, 4) is 0 Å². The van der Waals surface area contributed by atoms with E-state index in [9.17, 15) is 13.6 Å². The highest BCUT2D eigenvalue weighted by molar-refractivity contribution is 5.56. The number of hydrogen-bond donors (Lipinski definition) is 0. The summed E-state index contributed by atoms with van der Waals surface area (Å²) in [5.41, 5.74) is 0. The van der Waals surface area contributed by atoms with Gasteiger partial charge in [-0.1, -0.05) is 0 Å². The van der Waals surface area contributed by atoms with E-state index in [1.54, 1.807) is 0 Å². The van der Waals surface area contributed by atoms with Crippen LogP contribution >= 0.6 is 0 Å². The average molecular weight is 133 g/mol. The van der Waals surface area contributed by atoms with Crippen LogP contribution < -0.4 is 0 Å². The second-order valence-corrected chi connectivity index (χ2v) is 2.32. The lowest BCUT2D eigenvalue weighted by atomic mass is 10.1. The Labute approximate surface area is 52.1 Å². The van der Waals surface area contributed by atoms with Crippen LogP contribution in [0, 0.1) is 5.92 Å². The molecule has 1 aliphatic carbocycles. The molecule has 9 heavy (non-hydrogen) atoms. The standard InChI is InChI=1S/C6H7F2O/c7-6(8)3-1-2-5(6)4-9/h5H,1-3H2. The molecule has 3 heteroatoms. The Bertz CT molecular complexity index is 122. The lowest BCUT2D eigenvalue weighted by Gasteiger charge is -2.10. The Hall–Kier alpha value is -0.470. The van der Waals surface area contributed by atoms with Crippen LogP contribution in [0.3, 0.4) is 0 Å². The van der Waals surface area contributed by atoms with Gasteiger partial charge in [0.1, 0.15) is 0 Å². The first-order chi connectivity index (χ1) is 4.17. The second-order valence-electron chi connectivity index (χ2n) is 2.32. The highest BCUT2D eigenvalue weighted by Gasteiger charge is 2.44. The molecule has 0 aromatic heterocycles. The summed E-state index contributed by atoms with van der Waals surface area (Å²) in [6.07, 6.45) is 1.96. The van der Waals surface area contributed by atoms with E-state index in [-0.39, 0.29) is 6.42 Å². The van der Waals surface area contributed by atoms with Gasteiger partial charge in [0.2, 0.25) is 6.29 Å². The molecule has 1 rings (SSSR count). The molecule has 51 valence electrons. The number of rotatable bonds is 1. The molecule has 0 aromatic rings. The van der Waals surface area contributed by atoms with E-state index >= 15 is 0 Å². The molecular formula is C6H7F2O. The summed E-state index contributed by atoms with van der Waals surface area (Å²) < 4.78 is 24.7. The Balaban J connectivity index is 2.62. The van der Waals surface area contributed by atoms with Crippen molar-refractivity contribution in [3.05, 3.63) is 0 Å². The Morgan fingerprint density at radius 1 is 1.56 bits per heavy atom. The summed E-state index contributed by atoms with van der Waals surface area (Å²) >= 11 is 0. The van der Waals surface area contributed by atoms with Gasteiger partial charge in [0.05, 0.1) is 5.92 Å². The number of alkyl halides is 2. The van der Waals surface area contributed by atoms with Crippen LogP contribution in [0.15, 0.2) is 0 Å². The van der Waals surface area contributed by atoms with Gasteiger partial charge in [-0.3, -0.25) is 4.79 Å². The predicted molar refractivity (Wildman–Crippen MR) is 28.0 cm³/mol. The minimum atomic E-state index is -2.76. The molecule has 0 aromatic carbocycles. The lowest BCUT2D eigenvalue weighted by Crippen LogP contribution is -2.22. The van der Waals surface area contributed by atoms with Gasteiger partial charge in [0.15, 0.2) is 0 Å². The largest absolute Gasteiger partial charge is 0.290 e. The second kappa shape index (κ2) is 2.05. The molecule has 0 spiro atoms. The maximum atomic E-state index is 12.3. The third-order valence-corrected chi connectivity index (χ3v) is 1.65. The normalized spacial score (nSPS) is 32.4. The summed E-state index contributed by atoms with van der Waals surface area (Å²) in [6, 6.07) is 0. The quantitative estimate of drug-likeness (QED) is 0.530. The molecule has 1 unspecified atom stereocenters. The summed E-state index contributed by atoms with van der Waals surface area (Å²) in [7, 11) is 0. The van der Waals surface area contributed by atoms with E-state index in [2.05, 4.69) is 0 Å². The number of hydrogen-bond acceptors (Lipinski definition) is 1. The molecule has 0 N–H and O–H groups in total. The van der Waals surface area contributed by atoms with Crippen molar-refractivity contribution < 1.29 is 13.6 Å². The molecule has 0 saturated heterocycles. The first-order valence-corrected chi connectivity index (χ1v) is 2.92. The fourth-order valence-corrected chi connectivity index (χ4v) is 1.07. The lowest BCUT2D eigenvalue weighted by molar-refractivity contribution is -0.0139. The molecule has 0 amide bonds. The molecular weight excluding hydrogens is 126 g/mol. The van der Waals surface area contributed by atoms with Crippen LogP contribution in [0.4, 0.5) is 8.78 Å². The zero-order valence-electron chi connectivity index (χ0n) is 4.86. The molecule has 1 nitrogen and oxygen atoms in total. The summed E-state index contributed by atoms with van der Waals surface area (Å²) in [4.78, 5) is 9.82. The van der Waals surface area contributed by atoms with E-state index in [0.29, 0.717) is 12.8 Å². The van der Waals surface area contributed by atoms with Crippen molar-refractivity contribution in [1.82, 2.24) is 0 Å². The van der Waals surface area contributed by atoms with Gasteiger partial charge in [0.25, 0.3) is 5.92 Å². The third kappa shape index (κ3) is 1.09. The van der Waals surface area contributed by atoms with Crippen LogP contribution in [0.25, 0.3) is 0 Å². The monoisotopic (exact) mass is 133 g/mol. The van der Waals surface area contributed by atoms with E-state index < -0.39 is 11.8 Å². The molecule has 1 saturated carbocycles. The highest BCUT2D eigenvalue weighted by atomic mass is 19.3. The molecule has 1 radical (unpaired) electrons. The minimum Gasteiger partial charge on any atom is -0.290 e. The topological polar surface area (TPSA) is 17.1 Å². The first-order valence-electron chi connectivity index (χ1n) is 2.92. The maximum Gasteiger partial charge on any atom is 0.258 e. The van der Waals surface area contributed by atoms with E-state index in [1.807, 2.05) is 0 Å². The van der Waals surface area contributed by atoms with Crippen molar-refractivity contribution >= 4 is 6.29 Å². The zero-order valence-corrected chi connectivity index (χ0v) is 4.86. The van der Waals surface area contributed by atoms with Crippen molar-refractivity contribution in [3.63, 3.8) is 0 Å². The van der Waals surface area contributed by atoms with Crippen molar-refractivity contribution in [2.45, 2.75) is 25.2 Å². The summed E-state index contributed by atoms with van der Waals surface area (Å²) in [5.74, 6) is -3.89. The molecule has 0 bridgehead atoms. The summed E-state index contributed by atoms with van der Waals surface area (Å²) in [6.45, 7) is 0. The van der Waals surface area contributed by atoms with Gasteiger partial charge in [-0.05, 0) is 12.8 Å². The van der Waals surface area contributed by atoms with Gasteiger partial charge < -0.3 is 0 Å². The molecule has 0 aliphatic heterocycles. The molecule has 1 fully saturated rings. The predicted octanol–water partition coefficient (Wildman–Crippen LogP) is 1.53. The maximum absolute atomic E-state index is 12.3.